The maximum atomic E-state index is 5.89. The molecule has 0 aromatic rings. The minimum absolute atomic E-state index is 0. The Kier molecular flexibility index (Phi) is 11.2. The Hall–Kier alpha value is 0.210. The summed E-state index contributed by atoms with van der Waals surface area (Å²) in [6.45, 7) is 7.80. The maximum absolute atomic E-state index is 5.89. The van der Waals surface area contributed by atoms with E-state index in [0.717, 1.165) is 19.7 Å². The number of quaternary nitrogens is 1. The van der Waals surface area contributed by atoms with Crippen LogP contribution in [0.1, 0.15) is 71.6 Å². The monoisotopic (exact) mass is 277 g/mol. The summed E-state index contributed by atoms with van der Waals surface area (Å²) in [5, 5.41) is 2.40. The van der Waals surface area contributed by atoms with E-state index in [1.807, 2.05) is 0 Å². The average Bonchev–Trinajstić information content (AvgIpc) is 2.33. The van der Waals surface area contributed by atoms with Gasteiger partial charge in [0.15, 0.2) is 0 Å². The van der Waals surface area contributed by atoms with E-state index in [9.17, 15) is 0 Å². The highest BCUT2D eigenvalue weighted by atomic mass is 35.5. The van der Waals surface area contributed by atoms with Crippen LogP contribution < -0.4 is 17.7 Å². The molecule has 0 spiro atoms. The highest BCUT2D eigenvalue weighted by molar-refractivity contribution is 4.75. The summed E-state index contributed by atoms with van der Waals surface area (Å²) in [7, 11) is 0. The Morgan fingerprint density at radius 3 is 2.17 bits per heavy atom. The lowest BCUT2D eigenvalue weighted by Crippen LogP contribution is -3.00. The van der Waals surface area contributed by atoms with Crippen molar-refractivity contribution >= 4 is 0 Å². The number of halogens is 1. The number of ether oxygens (including phenoxy) is 1. The third-order valence-corrected chi connectivity index (χ3v) is 3.91. The molecule has 2 N–H and O–H groups in total. The molecule has 1 saturated heterocycles. The molecule has 1 atom stereocenters. The Bertz CT molecular complexity index is 181. The maximum Gasteiger partial charge on any atom is 0.114 e. The molecule has 0 bridgehead atoms. The molecule has 1 aliphatic heterocycles. The number of rotatable bonds is 9. The minimum Gasteiger partial charge on any atom is -1.00 e. The first kappa shape index (κ1) is 18.2. The van der Waals surface area contributed by atoms with Crippen LogP contribution in [0.15, 0.2) is 0 Å². The van der Waals surface area contributed by atoms with Crippen LogP contribution in [-0.4, -0.2) is 25.3 Å². The van der Waals surface area contributed by atoms with Crippen molar-refractivity contribution in [2.24, 2.45) is 0 Å². The first-order valence-electron chi connectivity index (χ1n) is 7.72. The Balaban J connectivity index is 0.00000289. The number of unbranched alkanes of at least 4 members (excludes halogenated alkanes) is 7. The number of morpholine rings is 1. The summed E-state index contributed by atoms with van der Waals surface area (Å²) in [6, 6.07) is 0. The summed E-state index contributed by atoms with van der Waals surface area (Å²) >= 11 is 0. The van der Waals surface area contributed by atoms with Crippen molar-refractivity contribution in [3.63, 3.8) is 0 Å². The number of hydrogen-bond donors (Lipinski definition) is 1. The van der Waals surface area contributed by atoms with Crippen LogP contribution in [0.25, 0.3) is 0 Å². The molecule has 0 radical (unpaired) electrons. The SMILES string of the molecule is CCCCCCCCCCC1(C)C[NH2+]CCO1.[Cl-]. The van der Waals surface area contributed by atoms with Crippen LogP contribution in [0.3, 0.4) is 0 Å². The second-order valence-electron chi connectivity index (χ2n) is 5.80. The van der Waals surface area contributed by atoms with Crippen molar-refractivity contribution in [1.29, 1.82) is 0 Å². The molecule has 0 amide bonds. The first-order valence-corrected chi connectivity index (χ1v) is 7.72. The van der Waals surface area contributed by atoms with E-state index in [1.165, 1.54) is 57.8 Å². The third-order valence-electron chi connectivity index (χ3n) is 3.91. The molecule has 0 saturated carbocycles. The molecule has 1 rings (SSSR count). The normalized spacial score (nSPS) is 23.7. The van der Waals surface area contributed by atoms with Gasteiger partial charge < -0.3 is 22.5 Å². The zero-order chi connectivity index (χ0) is 12.4. The lowest BCUT2D eigenvalue weighted by atomic mass is 9.96. The fourth-order valence-corrected chi connectivity index (χ4v) is 2.66. The smallest absolute Gasteiger partial charge is 0.114 e. The Morgan fingerprint density at radius 1 is 1.00 bits per heavy atom. The highest BCUT2D eigenvalue weighted by Crippen LogP contribution is 2.19. The van der Waals surface area contributed by atoms with Gasteiger partial charge in [0.1, 0.15) is 12.1 Å². The molecule has 2 nitrogen and oxygen atoms in total. The van der Waals surface area contributed by atoms with Crippen LogP contribution in [0.4, 0.5) is 0 Å². The summed E-state index contributed by atoms with van der Waals surface area (Å²) < 4.78 is 5.89. The topological polar surface area (TPSA) is 25.8 Å². The van der Waals surface area contributed by atoms with Gasteiger partial charge in [-0.2, -0.15) is 0 Å². The zero-order valence-corrected chi connectivity index (χ0v) is 13.1. The average molecular weight is 278 g/mol. The summed E-state index contributed by atoms with van der Waals surface area (Å²) in [6.07, 6.45) is 12.5. The molecule has 0 aromatic heterocycles. The standard InChI is InChI=1S/C15H31NO.ClH/c1-3-4-5-6-7-8-9-10-11-15(2)14-16-12-13-17-15;/h16H,3-14H2,1-2H3;1H. The lowest BCUT2D eigenvalue weighted by Gasteiger charge is -2.31. The molecular weight excluding hydrogens is 246 g/mol. The molecule has 1 aliphatic rings. The van der Waals surface area contributed by atoms with Crippen LogP contribution in [0.2, 0.25) is 0 Å². The van der Waals surface area contributed by atoms with Gasteiger partial charge in [0, 0.05) is 0 Å². The molecule has 0 aliphatic carbocycles. The van der Waals surface area contributed by atoms with Gasteiger partial charge in [-0.3, -0.25) is 0 Å². The van der Waals surface area contributed by atoms with Gasteiger partial charge in [-0.25, -0.2) is 0 Å². The van der Waals surface area contributed by atoms with Gasteiger partial charge in [-0.1, -0.05) is 58.3 Å². The van der Waals surface area contributed by atoms with Gasteiger partial charge in [-0.15, -0.1) is 0 Å². The van der Waals surface area contributed by atoms with Crippen LogP contribution in [0, 0.1) is 0 Å². The molecule has 3 heteroatoms. The zero-order valence-electron chi connectivity index (χ0n) is 12.3. The van der Waals surface area contributed by atoms with Crippen molar-refractivity contribution in [2.45, 2.75) is 77.2 Å². The second kappa shape index (κ2) is 11.1. The van der Waals surface area contributed by atoms with Crippen LogP contribution in [0.5, 0.6) is 0 Å². The van der Waals surface area contributed by atoms with Gasteiger partial charge in [0.2, 0.25) is 0 Å². The van der Waals surface area contributed by atoms with Crippen molar-refractivity contribution < 1.29 is 22.5 Å². The van der Waals surface area contributed by atoms with Gasteiger partial charge >= 0.3 is 0 Å². The van der Waals surface area contributed by atoms with Crippen molar-refractivity contribution in [2.75, 3.05) is 19.7 Å². The fraction of sp³-hybridized carbons (Fsp3) is 1.00. The third kappa shape index (κ3) is 8.34. The van der Waals surface area contributed by atoms with E-state index in [0.29, 0.717) is 0 Å². The Labute approximate surface area is 120 Å². The van der Waals surface area contributed by atoms with Crippen LogP contribution in [-0.2, 0) is 4.74 Å². The molecule has 0 aromatic carbocycles. The molecule has 1 fully saturated rings. The second-order valence-corrected chi connectivity index (χ2v) is 5.80. The van der Waals surface area contributed by atoms with Crippen molar-refractivity contribution in [1.82, 2.24) is 0 Å². The van der Waals surface area contributed by atoms with E-state index in [4.69, 9.17) is 4.74 Å². The van der Waals surface area contributed by atoms with E-state index in [1.54, 1.807) is 0 Å². The molecule has 110 valence electrons. The van der Waals surface area contributed by atoms with E-state index in [-0.39, 0.29) is 18.0 Å². The van der Waals surface area contributed by atoms with Gasteiger partial charge in [0.05, 0.1) is 13.2 Å². The molecule has 1 heterocycles. The van der Waals surface area contributed by atoms with Gasteiger partial charge in [-0.05, 0) is 13.3 Å². The summed E-state index contributed by atoms with van der Waals surface area (Å²) in [5.41, 5.74) is 0.167. The quantitative estimate of drug-likeness (QED) is 0.584. The summed E-state index contributed by atoms with van der Waals surface area (Å²) in [4.78, 5) is 0. The lowest BCUT2D eigenvalue weighted by molar-refractivity contribution is -0.685. The van der Waals surface area contributed by atoms with Crippen molar-refractivity contribution in [3.8, 4) is 0 Å². The largest absolute Gasteiger partial charge is 1.00 e. The Morgan fingerprint density at radius 2 is 1.61 bits per heavy atom. The predicted octanol–water partition coefficient (Wildman–Crippen LogP) is -0.126. The fourth-order valence-electron chi connectivity index (χ4n) is 2.66. The number of hydrogen-bond acceptors (Lipinski definition) is 1. The number of nitrogens with two attached hydrogens (primary N) is 1. The molecule has 18 heavy (non-hydrogen) atoms. The van der Waals surface area contributed by atoms with E-state index >= 15 is 0 Å². The first-order chi connectivity index (χ1) is 8.27. The van der Waals surface area contributed by atoms with Crippen LogP contribution >= 0.6 is 0 Å². The minimum atomic E-state index is 0. The highest BCUT2D eigenvalue weighted by Gasteiger charge is 2.29. The van der Waals surface area contributed by atoms with E-state index < -0.39 is 0 Å². The van der Waals surface area contributed by atoms with E-state index in [2.05, 4.69) is 19.2 Å². The van der Waals surface area contributed by atoms with Gasteiger partial charge in [0.25, 0.3) is 0 Å². The molecule has 1 unspecified atom stereocenters. The predicted molar refractivity (Wildman–Crippen MR) is 73.2 cm³/mol. The summed E-state index contributed by atoms with van der Waals surface area (Å²) in [5.74, 6) is 0. The molecular formula is C15H32ClNO. The van der Waals surface area contributed by atoms with Crippen molar-refractivity contribution in [3.05, 3.63) is 0 Å².